The van der Waals surface area contributed by atoms with Gasteiger partial charge in [-0.3, -0.25) is 4.79 Å². The average Bonchev–Trinajstić information content (AvgIpc) is 2.37. The van der Waals surface area contributed by atoms with E-state index in [2.05, 4.69) is 0 Å². The lowest BCUT2D eigenvalue weighted by Crippen LogP contribution is -2.11. The van der Waals surface area contributed by atoms with Crippen molar-refractivity contribution in [2.75, 3.05) is 5.73 Å². The van der Waals surface area contributed by atoms with Gasteiger partial charge in [-0.05, 0) is 48.4 Å². The van der Waals surface area contributed by atoms with Crippen LogP contribution in [0.3, 0.4) is 0 Å². The number of nitrogen functional groups attached to an aromatic ring is 1. The molecule has 0 fully saturated rings. The van der Waals surface area contributed by atoms with Gasteiger partial charge in [0.25, 0.3) is 0 Å². The molecule has 0 atom stereocenters. The van der Waals surface area contributed by atoms with Crippen molar-refractivity contribution in [3.8, 4) is 0 Å². The monoisotopic (exact) mass is 304 g/mol. The third-order valence-corrected chi connectivity index (χ3v) is 4.69. The van der Waals surface area contributed by atoms with Gasteiger partial charge in [-0.15, -0.1) is 0 Å². The van der Waals surface area contributed by atoms with Crippen LogP contribution in [0, 0.1) is 6.92 Å². The van der Waals surface area contributed by atoms with E-state index in [-0.39, 0.29) is 10.6 Å². The first-order valence-corrected chi connectivity index (χ1v) is 7.92. The van der Waals surface area contributed by atoms with Gasteiger partial charge in [0.05, 0.1) is 10.6 Å². The van der Waals surface area contributed by atoms with Crippen molar-refractivity contribution in [1.29, 1.82) is 0 Å². The summed E-state index contributed by atoms with van der Waals surface area (Å²) in [7, 11) is -3.49. The number of primary amides is 1. The predicted molar refractivity (Wildman–Crippen MR) is 81.4 cm³/mol. The number of sulfone groups is 1. The summed E-state index contributed by atoms with van der Waals surface area (Å²) in [4.78, 5) is 11.2. The lowest BCUT2D eigenvalue weighted by molar-refractivity contribution is 0.100. The maximum absolute atomic E-state index is 12.4. The van der Waals surface area contributed by atoms with Gasteiger partial charge in [0.15, 0.2) is 9.84 Å². The summed E-state index contributed by atoms with van der Waals surface area (Å²) in [5, 5.41) is 0. The first kappa shape index (κ1) is 15.1. The van der Waals surface area contributed by atoms with Crippen LogP contribution in [0.4, 0.5) is 5.69 Å². The fourth-order valence-corrected chi connectivity index (χ4v) is 3.50. The lowest BCUT2D eigenvalue weighted by Gasteiger charge is -2.07. The fourth-order valence-electron chi connectivity index (χ4n) is 2.02. The number of aryl methyl sites for hydroxylation is 1. The minimum Gasteiger partial charge on any atom is -0.399 e. The van der Waals surface area contributed by atoms with E-state index < -0.39 is 15.7 Å². The molecule has 0 spiro atoms. The molecule has 0 aliphatic heterocycles. The van der Waals surface area contributed by atoms with Crippen LogP contribution in [0.2, 0.25) is 0 Å². The Kier molecular flexibility index (Phi) is 3.99. The van der Waals surface area contributed by atoms with E-state index in [1.165, 1.54) is 18.2 Å². The molecular weight excluding hydrogens is 288 g/mol. The molecule has 0 aliphatic carbocycles. The zero-order chi connectivity index (χ0) is 15.6. The Balaban J connectivity index is 2.30. The van der Waals surface area contributed by atoms with Gasteiger partial charge < -0.3 is 11.5 Å². The normalized spacial score (nSPS) is 11.3. The number of hydrogen-bond acceptors (Lipinski definition) is 4. The Bertz CT molecular complexity index is 761. The summed E-state index contributed by atoms with van der Waals surface area (Å²) < 4.78 is 24.8. The molecule has 0 heterocycles. The molecule has 2 aromatic carbocycles. The molecule has 0 radical (unpaired) electrons. The van der Waals surface area contributed by atoms with Gasteiger partial charge in [0, 0.05) is 11.3 Å². The number of amides is 1. The summed E-state index contributed by atoms with van der Waals surface area (Å²) >= 11 is 0. The van der Waals surface area contributed by atoms with E-state index in [9.17, 15) is 13.2 Å². The average molecular weight is 304 g/mol. The summed E-state index contributed by atoms with van der Waals surface area (Å²) in [6, 6.07) is 10.9. The van der Waals surface area contributed by atoms with Crippen molar-refractivity contribution in [3.63, 3.8) is 0 Å². The quantitative estimate of drug-likeness (QED) is 0.838. The van der Waals surface area contributed by atoms with Crippen LogP contribution in [0.1, 0.15) is 21.5 Å². The van der Waals surface area contributed by atoms with Gasteiger partial charge >= 0.3 is 0 Å². The Hall–Kier alpha value is -2.34. The van der Waals surface area contributed by atoms with E-state index >= 15 is 0 Å². The Morgan fingerprint density at radius 3 is 2.24 bits per heavy atom. The van der Waals surface area contributed by atoms with Gasteiger partial charge in [-0.1, -0.05) is 12.1 Å². The van der Waals surface area contributed by atoms with Gasteiger partial charge in [-0.25, -0.2) is 8.42 Å². The number of hydrogen-bond donors (Lipinski definition) is 2. The smallest absolute Gasteiger partial charge is 0.248 e. The second kappa shape index (κ2) is 5.57. The highest BCUT2D eigenvalue weighted by atomic mass is 32.2. The van der Waals surface area contributed by atoms with Crippen LogP contribution >= 0.6 is 0 Å². The zero-order valence-electron chi connectivity index (χ0n) is 11.5. The van der Waals surface area contributed by atoms with E-state index in [1.54, 1.807) is 31.2 Å². The third-order valence-electron chi connectivity index (χ3n) is 3.03. The van der Waals surface area contributed by atoms with Gasteiger partial charge in [-0.2, -0.15) is 0 Å². The maximum atomic E-state index is 12.4. The van der Waals surface area contributed by atoms with Crippen molar-refractivity contribution in [1.82, 2.24) is 0 Å². The summed E-state index contributed by atoms with van der Waals surface area (Å²) in [6.45, 7) is 1.79. The van der Waals surface area contributed by atoms with Crippen LogP contribution in [-0.4, -0.2) is 14.3 Å². The molecule has 21 heavy (non-hydrogen) atoms. The number of nitrogens with two attached hydrogens (primary N) is 2. The molecule has 1 amide bonds. The minimum absolute atomic E-state index is 0.158. The second-order valence-electron chi connectivity index (χ2n) is 4.90. The summed E-state index contributed by atoms with van der Waals surface area (Å²) in [5.41, 5.74) is 13.0. The summed E-state index contributed by atoms with van der Waals surface area (Å²) in [5.74, 6) is -0.703. The number of anilines is 1. The van der Waals surface area contributed by atoms with Crippen LogP contribution in [0.15, 0.2) is 47.4 Å². The van der Waals surface area contributed by atoms with Crippen molar-refractivity contribution < 1.29 is 13.2 Å². The molecule has 0 unspecified atom stereocenters. The molecule has 0 aromatic heterocycles. The molecular formula is C15H16N2O3S. The zero-order valence-corrected chi connectivity index (χ0v) is 12.4. The molecule has 0 aliphatic rings. The summed E-state index contributed by atoms with van der Waals surface area (Å²) in [6.07, 6.45) is 0. The maximum Gasteiger partial charge on any atom is 0.248 e. The van der Waals surface area contributed by atoms with Crippen LogP contribution in [0.5, 0.6) is 0 Å². The van der Waals surface area contributed by atoms with E-state index in [0.717, 1.165) is 5.56 Å². The Labute approximate surface area is 123 Å². The molecule has 0 saturated carbocycles. The molecule has 5 nitrogen and oxygen atoms in total. The standard InChI is InChI=1S/C15H16N2O3S/c1-10-6-13(16)8-14(7-10)21(19,20)9-11-2-4-12(5-3-11)15(17)18/h2-8H,9,16H2,1H3,(H2,17,18). The minimum atomic E-state index is -3.49. The van der Waals surface area contributed by atoms with Crippen molar-refractivity contribution in [2.45, 2.75) is 17.6 Å². The van der Waals surface area contributed by atoms with E-state index in [4.69, 9.17) is 11.5 Å². The Morgan fingerprint density at radius 2 is 1.71 bits per heavy atom. The molecule has 6 heteroatoms. The van der Waals surface area contributed by atoms with Crippen LogP contribution < -0.4 is 11.5 Å². The third kappa shape index (κ3) is 3.61. The van der Waals surface area contributed by atoms with E-state index in [1.807, 2.05) is 0 Å². The SMILES string of the molecule is Cc1cc(N)cc(S(=O)(=O)Cc2ccc(C(N)=O)cc2)c1. The first-order chi connectivity index (χ1) is 9.78. The molecule has 0 saturated heterocycles. The van der Waals surface area contributed by atoms with Crippen molar-refractivity contribution in [2.24, 2.45) is 5.73 Å². The second-order valence-corrected chi connectivity index (χ2v) is 6.89. The molecule has 110 valence electrons. The van der Waals surface area contributed by atoms with Crippen molar-refractivity contribution in [3.05, 3.63) is 59.2 Å². The topological polar surface area (TPSA) is 103 Å². The first-order valence-electron chi connectivity index (χ1n) is 6.26. The molecule has 4 N–H and O–H groups in total. The van der Waals surface area contributed by atoms with Crippen LogP contribution in [-0.2, 0) is 15.6 Å². The predicted octanol–water partition coefficient (Wildman–Crippen LogP) is 1.65. The van der Waals surface area contributed by atoms with E-state index in [0.29, 0.717) is 16.8 Å². The Morgan fingerprint density at radius 1 is 1.10 bits per heavy atom. The largest absolute Gasteiger partial charge is 0.399 e. The lowest BCUT2D eigenvalue weighted by atomic mass is 10.1. The highest BCUT2D eigenvalue weighted by molar-refractivity contribution is 7.90. The molecule has 2 aromatic rings. The van der Waals surface area contributed by atoms with Crippen molar-refractivity contribution >= 4 is 21.4 Å². The number of carbonyl (C=O) groups excluding carboxylic acids is 1. The molecule has 2 rings (SSSR count). The number of benzene rings is 2. The highest BCUT2D eigenvalue weighted by Gasteiger charge is 2.16. The fraction of sp³-hybridized carbons (Fsp3) is 0.133. The number of rotatable bonds is 4. The van der Waals surface area contributed by atoms with Gasteiger partial charge in [0.1, 0.15) is 0 Å². The highest BCUT2D eigenvalue weighted by Crippen LogP contribution is 2.21. The number of carbonyl (C=O) groups is 1. The van der Waals surface area contributed by atoms with Gasteiger partial charge in [0.2, 0.25) is 5.91 Å². The molecule has 0 bridgehead atoms. The van der Waals surface area contributed by atoms with Crippen LogP contribution in [0.25, 0.3) is 0 Å².